The van der Waals surface area contributed by atoms with Crippen LogP contribution < -0.4 is 0 Å². The largest absolute Gasteiger partial charge is 0.394 e. The molecule has 0 saturated carbocycles. The SMILES string of the molecule is CC(CO)OCC(C)OCC(O)Cc1ccccc1. The number of benzene rings is 1. The van der Waals surface area contributed by atoms with Crippen molar-refractivity contribution in [2.75, 3.05) is 19.8 Å². The molecule has 2 N–H and O–H groups in total. The summed E-state index contributed by atoms with van der Waals surface area (Å²) < 4.78 is 10.9. The molecule has 108 valence electrons. The molecule has 4 nitrogen and oxygen atoms in total. The Bertz CT molecular complexity index is 328. The second kappa shape index (κ2) is 9.04. The lowest BCUT2D eigenvalue weighted by atomic mass is 10.1. The smallest absolute Gasteiger partial charge is 0.0814 e. The second-order valence-electron chi connectivity index (χ2n) is 4.81. The fourth-order valence-corrected chi connectivity index (χ4v) is 1.62. The zero-order valence-electron chi connectivity index (χ0n) is 11.7. The van der Waals surface area contributed by atoms with Crippen LogP contribution in [-0.2, 0) is 15.9 Å². The Labute approximate surface area is 115 Å². The second-order valence-corrected chi connectivity index (χ2v) is 4.81. The summed E-state index contributed by atoms with van der Waals surface area (Å²) in [6.07, 6.45) is -0.207. The monoisotopic (exact) mass is 268 g/mol. The standard InChI is InChI=1S/C15H24O4/c1-12(9-16)18-10-13(2)19-11-15(17)8-14-6-4-3-5-7-14/h3-7,12-13,15-17H,8-11H2,1-2H3. The molecular weight excluding hydrogens is 244 g/mol. The van der Waals surface area contributed by atoms with Gasteiger partial charge in [0.2, 0.25) is 0 Å². The van der Waals surface area contributed by atoms with Gasteiger partial charge in [-0.3, -0.25) is 0 Å². The maximum Gasteiger partial charge on any atom is 0.0814 e. The van der Waals surface area contributed by atoms with Gasteiger partial charge in [0, 0.05) is 6.42 Å². The third-order valence-corrected chi connectivity index (χ3v) is 2.76. The summed E-state index contributed by atoms with van der Waals surface area (Å²) in [7, 11) is 0. The molecule has 1 aromatic carbocycles. The van der Waals surface area contributed by atoms with E-state index in [0.717, 1.165) is 5.56 Å². The van der Waals surface area contributed by atoms with Crippen molar-refractivity contribution in [1.29, 1.82) is 0 Å². The van der Waals surface area contributed by atoms with Crippen LogP contribution in [0.2, 0.25) is 0 Å². The first-order valence-corrected chi connectivity index (χ1v) is 6.68. The summed E-state index contributed by atoms with van der Waals surface area (Å²) >= 11 is 0. The van der Waals surface area contributed by atoms with Gasteiger partial charge in [0.1, 0.15) is 0 Å². The fraction of sp³-hybridized carbons (Fsp3) is 0.600. The van der Waals surface area contributed by atoms with Gasteiger partial charge in [0.25, 0.3) is 0 Å². The Kier molecular flexibility index (Phi) is 7.67. The summed E-state index contributed by atoms with van der Waals surface area (Å²) in [5.41, 5.74) is 1.09. The van der Waals surface area contributed by atoms with Gasteiger partial charge in [0.05, 0.1) is 38.1 Å². The van der Waals surface area contributed by atoms with E-state index in [4.69, 9.17) is 14.6 Å². The van der Waals surface area contributed by atoms with Crippen LogP contribution >= 0.6 is 0 Å². The van der Waals surface area contributed by atoms with Gasteiger partial charge >= 0.3 is 0 Å². The van der Waals surface area contributed by atoms with Crippen molar-refractivity contribution in [3.63, 3.8) is 0 Å². The molecule has 0 heterocycles. The molecular formula is C15H24O4. The molecule has 1 aromatic rings. The number of ether oxygens (including phenoxy) is 2. The van der Waals surface area contributed by atoms with E-state index in [0.29, 0.717) is 13.0 Å². The zero-order chi connectivity index (χ0) is 14.1. The number of hydrogen-bond acceptors (Lipinski definition) is 4. The normalized spacial score (nSPS) is 16.0. The van der Waals surface area contributed by atoms with E-state index in [1.165, 1.54) is 0 Å². The van der Waals surface area contributed by atoms with Gasteiger partial charge in [-0.2, -0.15) is 0 Å². The Morgan fingerprint density at radius 3 is 2.26 bits per heavy atom. The quantitative estimate of drug-likeness (QED) is 0.710. The molecule has 0 aromatic heterocycles. The number of aliphatic hydroxyl groups is 2. The van der Waals surface area contributed by atoms with Crippen LogP contribution in [0.15, 0.2) is 30.3 Å². The lowest BCUT2D eigenvalue weighted by Crippen LogP contribution is -2.26. The lowest BCUT2D eigenvalue weighted by Gasteiger charge is -2.18. The fourth-order valence-electron chi connectivity index (χ4n) is 1.62. The molecule has 0 spiro atoms. The van der Waals surface area contributed by atoms with Gasteiger partial charge < -0.3 is 19.7 Å². The first-order valence-electron chi connectivity index (χ1n) is 6.68. The predicted octanol–water partition coefficient (Wildman–Crippen LogP) is 1.39. The molecule has 0 saturated heterocycles. The lowest BCUT2D eigenvalue weighted by molar-refractivity contribution is -0.0643. The molecule has 19 heavy (non-hydrogen) atoms. The van der Waals surface area contributed by atoms with Crippen LogP contribution in [0.25, 0.3) is 0 Å². The zero-order valence-corrected chi connectivity index (χ0v) is 11.7. The molecule has 0 fully saturated rings. The van der Waals surface area contributed by atoms with Crippen molar-refractivity contribution in [3.05, 3.63) is 35.9 Å². The van der Waals surface area contributed by atoms with E-state index in [-0.39, 0.29) is 25.4 Å². The maximum atomic E-state index is 9.87. The summed E-state index contributed by atoms with van der Waals surface area (Å²) in [6.45, 7) is 4.40. The van der Waals surface area contributed by atoms with Crippen LogP contribution in [0.1, 0.15) is 19.4 Å². The van der Waals surface area contributed by atoms with Crippen molar-refractivity contribution >= 4 is 0 Å². The topological polar surface area (TPSA) is 58.9 Å². The molecule has 0 aliphatic carbocycles. The number of rotatable bonds is 9. The van der Waals surface area contributed by atoms with E-state index in [2.05, 4.69) is 0 Å². The first-order chi connectivity index (χ1) is 9.11. The Morgan fingerprint density at radius 2 is 1.63 bits per heavy atom. The van der Waals surface area contributed by atoms with Crippen molar-refractivity contribution in [1.82, 2.24) is 0 Å². The Morgan fingerprint density at radius 1 is 1.00 bits per heavy atom. The Balaban J connectivity index is 2.17. The van der Waals surface area contributed by atoms with Crippen LogP contribution in [-0.4, -0.2) is 48.3 Å². The minimum Gasteiger partial charge on any atom is -0.394 e. The highest BCUT2D eigenvalue weighted by atomic mass is 16.5. The van der Waals surface area contributed by atoms with Gasteiger partial charge in [-0.1, -0.05) is 30.3 Å². The van der Waals surface area contributed by atoms with Gasteiger partial charge in [0.15, 0.2) is 0 Å². The van der Waals surface area contributed by atoms with Gasteiger partial charge in [-0.05, 0) is 19.4 Å². The summed E-state index contributed by atoms with van der Waals surface area (Å²) in [6, 6.07) is 9.83. The average molecular weight is 268 g/mol. The van der Waals surface area contributed by atoms with E-state index < -0.39 is 6.10 Å². The molecule has 0 aliphatic heterocycles. The van der Waals surface area contributed by atoms with Gasteiger partial charge in [-0.25, -0.2) is 0 Å². The molecule has 3 atom stereocenters. The van der Waals surface area contributed by atoms with E-state index in [9.17, 15) is 5.11 Å². The van der Waals surface area contributed by atoms with Crippen molar-refractivity contribution < 1.29 is 19.7 Å². The highest BCUT2D eigenvalue weighted by molar-refractivity contribution is 5.15. The van der Waals surface area contributed by atoms with E-state index in [1.807, 2.05) is 37.3 Å². The molecule has 0 amide bonds. The van der Waals surface area contributed by atoms with E-state index in [1.54, 1.807) is 6.92 Å². The third kappa shape index (κ3) is 7.28. The molecule has 1 rings (SSSR count). The molecule has 0 bridgehead atoms. The molecule has 3 unspecified atom stereocenters. The predicted molar refractivity (Wildman–Crippen MR) is 74.1 cm³/mol. The van der Waals surface area contributed by atoms with Crippen molar-refractivity contribution in [3.8, 4) is 0 Å². The molecule has 4 heteroatoms. The highest BCUT2D eigenvalue weighted by Crippen LogP contribution is 2.05. The summed E-state index contributed by atoms with van der Waals surface area (Å²) in [5.74, 6) is 0. The molecule has 0 aliphatic rings. The van der Waals surface area contributed by atoms with Crippen LogP contribution in [0.3, 0.4) is 0 Å². The minimum atomic E-state index is -0.514. The summed E-state index contributed by atoms with van der Waals surface area (Å²) in [4.78, 5) is 0. The number of aliphatic hydroxyl groups excluding tert-OH is 2. The van der Waals surface area contributed by atoms with Crippen LogP contribution in [0, 0.1) is 0 Å². The van der Waals surface area contributed by atoms with Crippen LogP contribution in [0.4, 0.5) is 0 Å². The number of hydrogen-bond donors (Lipinski definition) is 2. The first kappa shape index (κ1) is 16.1. The summed E-state index contributed by atoms with van der Waals surface area (Å²) in [5, 5.41) is 18.7. The van der Waals surface area contributed by atoms with Gasteiger partial charge in [-0.15, -0.1) is 0 Å². The average Bonchev–Trinajstić information content (AvgIpc) is 2.43. The van der Waals surface area contributed by atoms with Crippen molar-refractivity contribution in [2.24, 2.45) is 0 Å². The molecule has 0 radical (unpaired) electrons. The van der Waals surface area contributed by atoms with Crippen molar-refractivity contribution in [2.45, 2.75) is 38.6 Å². The third-order valence-electron chi connectivity index (χ3n) is 2.76. The maximum absolute atomic E-state index is 9.87. The van der Waals surface area contributed by atoms with E-state index >= 15 is 0 Å². The van der Waals surface area contributed by atoms with Crippen LogP contribution in [0.5, 0.6) is 0 Å². The minimum absolute atomic E-state index is 0.00333. The highest BCUT2D eigenvalue weighted by Gasteiger charge is 2.10. The Hall–Kier alpha value is -0.940.